The molecule has 2 aromatic rings. The molecule has 0 spiro atoms. The topological polar surface area (TPSA) is 66.4 Å². The number of fused-ring (bicyclic) bond motifs is 1. The second-order valence-electron chi connectivity index (χ2n) is 6.83. The lowest BCUT2D eigenvalue weighted by atomic mass is 9.94. The summed E-state index contributed by atoms with van der Waals surface area (Å²) in [5.74, 6) is 0.327. The predicted octanol–water partition coefficient (Wildman–Crippen LogP) is 2.10. The van der Waals surface area contributed by atoms with Gasteiger partial charge in [-0.05, 0) is 37.8 Å². The summed E-state index contributed by atoms with van der Waals surface area (Å²) in [4.78, 5) is 37.9. The minimum atomic E-state index is -0.0156. The number of benzene rings is 1. The number of nitrogens with zero attached hydrogens (tertiary/aromatic N) is 4. The maximum Gasteiger partial charge on any atom is 0.256 e. The van der Waals surface area contributed by atoms with Gasteiger partial charge in [-0.25, -0.2) is 0 Å². The first-order chi connectivity index (χ1) is 12.2. The molecule has 2 aliphatic heterocycles. The van der Waals surface area contributed by atoms with Crippen LogP contribution in [-0.2, 0) is 4.79 Å². The summed E-state index contributed by atoms with van der Waals surface area (Å²) in [6.07, 6.45) is 6.97. The fourth-order valence-electron chi connectivity index (χ4n) is 3.86. The van der Waals surface area contributed by atoms with E-state index in [4.69, 9.17) is 0 Å². The van der Waals surface area contributed by atoms with Gasteiger partial charge in [0.1, 0.15) is 5.52 Å². The summed E-state index contributed by atoms with van der Waals surface area (Å²) in [6.45, 7) is 3.04. The molecule has 0 unspecified atom stereocenters. The molecule has 1 aromatic carbocycles. The summed E-state index contributed by atoms with van der Waals surface area (Å²) in [6, 6.07) is 5.51. The van der Waals surface area contributed by atoms with Crippen LogP contribution in [-0.4, -0.2) is 57.8 Å². The molecule has 3 heterocycles. The van der Waals surface area contributed by atoms with Gasteiger partial charge in [0.05, 0.1) is 11.1 Å². The average molecular weight is 338 g/mol. The third-order valence-electron chi connectivity index (χ3n) is 5.28. The van der Waals surface area contributed by atoms with Gasteiger partial charge in [-0.2, -0.15) is 0 Å². The number of aromatic nitrogens is 2. The molecular formula is C19H22N4O2. The molecule has 130 valence electrons. The lowest BCUT2D eigenvalue weighted by molar-refractivity contribution is -0.135. The number of carbonyl (C=O) groups is 2. The zero-order valence-electron chi connectivity index (χ0n) is 14.2. The number of hydrogen-bond donors (Lipinski definition) is 0. The van der Waals surface area contributed by atoms with Crippen LogP contribution in [0.3, 0.4) is 0 Å². The van der Waals surface area contributed by atoms with Gasteiger partial charge < -0.3 is 9.80 Å². The predicted molar refractivity (Wildman–Crippen MR) is 94.0 cm³/mol. The van der Waals surface area contributed by atoms with Crippen LogP contribution in [0.4, 0.5) is 0 Å². The Balaban J connectivity index is 1.45. The third-order valence-corrected chi connectivity index (χ3v) is 5.28. The van der Waals surface area contributed by atoms with E-state index in [-0.39, 0.29) is 17.7 Å². The lowest BCUT2D eigenvalue weighted by Crippen LogP contribution is -2.43. The van der Waals surface area contributed by atoms with Crippen molar-refractivity contribution >= 4 is 22.8 Å². The van der Waals surface area contributed by atoms with E-state index in [1.54, 1.807) is 18.5 Å². The first-order valence-corrected chi connectivity index (χ1v) is 9.02. The van der Waals surface area contributed by atoms with Crippen molar-refractivity contribution in [2.45, 2.75) is 25.7 Å². The van der Waals surface area contributed by atoms with E-state index in [1.807, 2.05) is 21.9 Å². The van der Waals surface area contributed by atoms with Crippen molar-refractivity contribution in [3.63, 3.8) is 0 Å². The molecular weight excluding hydrogens is 316 g/mol. The zero-order chi connectivity index (χ0) is 17.2. The second-order valence-corrected chi connectivity index (χ2v) is 6.83. The minimum absolute atomic E-state index is 0.0156. The Morgan fingerprint density at radius 3 is 2.40 bits per heavy atom. The number of likely N-dealkylation sites (tertiary alicyclic amines) is 2. The number of para-hydroxylation sites is 1. The second kappa shape index (κ2) is 6.78. The Kier molecular flexibility index (Phi) is 4.34. The molecule has 2 amide bonds. The van der Waals surface area contributed by atoms with Gasteiger partial charge in [0.2, 0.25) is 5.91 Å². The number of piperidine rings is 1. The van der Waals surface area contributed by atoms with Gasteiger partial charge in [0, 0.05) is 44.5 Å². The van der Waals surface area contributed by atoms with E-state index >= 15 is 0 Å². The highest BCUT2D eigenvalue weighted by molar-refractivity contribution is 6.04. The molecule has 0 aliphatic carbocycles. The standard InChI is InChI=1S/C19H22N4O2/c24-18(22-10-1-2-11-22)14-6-12-23(13-7-14)19(25)15-4-3-5-16-17(15)21-9-8-20-16/h3-5,8-9,14H,1-2,6-7,10-13H2. The van der Waals surface area contributed by atoms with Crippen molar-refractivity contribution in [3.8, 4) is 0 Å². The van der Waals surface area contributed by atoms with Gasteiger partial charge in [0.15, 0.2) is 0 Å². The van der Waals surface area contributed by atoms with Crippen molar-refractivity contribution in [2.24, 2.45) is 5.92 Å². The van der Waals surface area contributed by atoms with Crippen molar-refractivity contribution in [3.05, 3.63) is 36.2 Å². The van der Waals surface area contributed by atoms with Crippen LogP contribution in [0, 0.1) is 5.92 Å². The molecule has 0 atom stereocenters. The Morgan fingerprint density at radius 1 is 0.920 bits per heavy atom. The molecule has 0 N–H and O–H groups in total. The van der Waals surface area contributed by atoms with Crippen LogP contribution >= 0.6 is 0 Å². The first kappa shape index (κ1) is 16.0. The fraction of sp³-hybridized carbons (Fsp3) is 0.474. The highest BCUT2D eigenvalue weighted by atomic mass is 16.2. The van der Waals surface area contributed by atoms with Gasteiger partial charge in [-0.3, -0.25) is 19.6 Å². The smallest absolute Gasteiger partial charge is 0.256 e. The highest BCUT2D eigenvalue weighted by Crippen LogP contribution is 2.24. The SMILES string of the molecule is O=C(c1cccc2nccnc12)N1CCC(C(=O)N2CCCC2)CC1. The van der Waals surface area contributed by atoms with Crippen LogP contribution in [0.2, 0.25) is 0 Å². The number of hydrogen-bond acceptors (Lipinski definition) is 4. The number of rotatable bonds is 2. The number of carbonyl (C=O) groups excluding carboxylic acids is 2. The van der Waals surface area contributed by atoms with E-state index < -0.39 is 0 Å². The van der Waals surface area contributed by atoms with E-state index in [2.05, 4.69) is 9.97 Å². The maximum absolute atomic E-state index is 12.9. The summed E-state index contributed by atoms with van der Waals surface area (Å²) in [7, 11) is 0. The molecule has 6 heteroatoms. The van der Waals surface area contributed by atoms with Crippen LogP contribution in [0.15, 0.2) is 30.6 Å². The van der Waals surface area contributed by atoms with Crippen molar-refractivity contribution < 1.29 is 9.59 Å². The van der Waals surface area contributed by atoms with Crippen molar-refractivity contribution in [2.75, 3.05) is 26.2 Å². The van der Waals surface area contributed by atoms with Crippen molar-refractivity contribution in [1.29, 1.82) is 0 Å². The minimum Gasteiger partial charge on any atom is -0.342 e. The summed E-state index contributed by atoms with van der Waals surface area (Å²) in [5, 5.41) is 0. The lowest BCUT2D eigenvalue weighted by Gasteiger charge is -2.33. The van der Waals surface area contributed by atoms with Crippen LogP contribution < -0.4 is 0 Å². The molecule has 6 nitrogen and oxygen atoms in total. The molecule has 1 aromatic heterocycles. The summed E-state index contributed by atoms with van der Waals surface area (Å²) < 4.78 is 0. The summed E-state index contributed by atoms with van der Waals surface area (Å²) >= 11 is 0. The number of amides is 2. The molecule has 0 bridgehead atoms. The fourth-order valence-corrected chi connectivity index (χ4v) is 3.86. The average Bonchev–Trinajstić information content (AvgIpc) is 3.21. The van der Waals surface area contributed by atoms with Gasteiger partial charge in [-0.1, -0.05) is 6.07 Å². The van der Waals surface area contributed by atoms with Crippen LogP contribution in [0.1, 0.15) is 36.0 Å². The molecule has 0 radical (unpaired) electrons. The molecule has 4 rings (SSSR count). The van der Waals surface area contributed by atoms with Crippen LogP contribution in [0.5, 0.6) is 0 Å². The molecule has 0 saturated carbocycles. The molecule has 2 fully saturated rings. The summed E-state index contributed by atoms with van der Waals surface area (Å²) in [5.41, 5.74) is 1.97. The Hall–Kier alpha value is -2.50. The van der Waals surface area contributed by atoms with Gasteiger partial charge >= 0.3 is 0 Å². The zero-order valence-corrected chi connectivity index (χ0v) is 14.2. The van der Waals surface area contributed by atoms with Crippen LogP contribution in [0.25, 0.3) is 11.0 Å². The Morgan fingerprint density at radius 2 is 1.64 bits per heavy atom. The first-order valence-electron chi connectivity index (χ1n) is 9.02. The monoisotopic (exact) mass is 338 g/mol. The highest BCUT2D eigenvalue weighted by Gasteiger charge is 2.31. The Labute approximate surface area is 146 Å². The quantitative estimate of drug-likeness (QED) is 0.841. The van der Waals surface area contributed by atoms with Gasteiger partial charge in [0.25, 0.3) is 5.91 Å². The van der Waals surface area contributed by atoms with E-state index in [9.17, 15) is 9.59 Å². The molecule has 2 aliphatic rings. The van der Waals surface area contributed by atoms with Gasteiger partial charge in [-0.15, -0.1) is 0 Å². The normalized spacial score (nSPS) is 18.7. The van der Waals surface area contributed by atoms with E-state index in [1.165, 1.54) is 0 Å². The van der Waals surface area contributed by atoms with Crippen molar-refractivity contribution in [1.82, 2.24) is 19.8 Å². The third kappa shape index (κ3) is 3.08. The molecule has 2 saturated heterocycles. The largest absolute Gasteiger partial charge is 0.342 e. The van der Waals surface area contributed by atoms with E-state index in [0.717, 1.165) is 44.3 Å². The maximum atomic E-state index is 12.9. The molecule has 25 heavy (non-hydrogen) atoms. The Bertz CT molecular complexity index is 788. The van der Waals surface area contributed by atoms with E-state index in [0.29, 0.717) is 24.2 Å².